The Kier molecular flexibility index (Phi) is 62.1. The van der Waals surface area contributed by atoms with Crippen LogP contribution in [-0.2, 0) is 27.9 Å². The minimum atomic E-state index is -4.46. The van der Waals surface area contributed by atoms with Crippen molar-refractivity contribution in [2.45, 2.75) is 341 Å². The second-order valence-electron chi connectivity index (χ2n) is 25.4. The fourth-order valence-corrected chi connectivity index (χ4v) is 11.1. The lowest BCUT2D eigenvalue weighted by Gasteiger charge is -2.27. The normalized spacial score (nSPS) is 14.0. The zero-order valence-electron chi connectivity index (χ0n) is 56.6. The average molecular weight is 1210 g/mol. The number of hydrogen-bond acceptors (Lipinski definition) is 6. The molecule has 0 saturated carbocycles. The van der Waals surface area contributed by atoms with Crippen LogP contribution in [0.4, 0.5) is 0 Å². The lowest BCUT2D eigenvalue weighted by Crippen LogP contribution is -2.47. The number of quaternary nitrogens is 1. The third-order valence-electron chi connectivity index (χ3n) is 15.8. The van der Waals surface area contributed by atoms with Crippen LogP contribution in [0.5, 0.6) is 0 Å². The van der Waals surface area contributed by atoms with Crippen LogP contribution in [0, 0.1) is 0 Å². The molecule has 0 fully saturated rings. The molecule has 0 bridgehead atoms. The summed E-state index contributed by atoms with van der Waals surface area (Å²) in [5, 5.41) is 3.07. The van der Waals surface area contributed by atoms with Gasteiger partial charge in [-0.1, -0.05) is 299 Å². The molecule has 0 aliphatic carbocycles. The van der Waals surface area contributed by atoms with Gasteiger partial charge in [0, 0.05) is 12.8 Å². The largest absolute Gasteiger partial charge is 0.472 e. The van der Waals surface area contributed by atoms with Crippen LogP contribution < -0.4 is 5.32 Å². The van der Waals surface area contributed by atoms with Crippen LogP contribution in [0.15, 0.2) is 85.1 Å². The molecule has 3 atom stereocenters. The maximum atomic E-state index is 13.6. The molecule has 9 nitrogen and oxygen atoms in total. The zero-order valence-corrected chi connectivity index (χ0v) is 57.5. The van der Waals surface area contributed by atoms with Crippen molar-refractivity contribution in [3.63, 3.8) is 0 Å². The van der Waals surface area contributed by atoms with Gasteiger partial charge in [-0.25, -0.2) is 4.57 Å². The van der Waals surface area contributed by atoms with Gasteiger partial charge in [0.15, 0.2) is 0 Å². The first kappa shape index (κ1) is 82.2. The fourth-order valence-electron chi connectivity index (χ4n) is 10.3. The molecule has 0 spiro atoms. The van der Waals surface area contributed by atoms with E-state index in [9.17, 15) is 19.0 Å². The smallest absolute Gasteiger partial charge is 0.456 e. The van der Waals surface area contributed by atoms with Gasteiger partial charge in [0.1, 0.15) is 19.3 Å². The number of ether oxygens (including phenoxy) is 1. The number of phosphoric acid groups is 1. The summed E-state index contributed by atoms with van der Waals surface area (Å²) in [4.78, 5) is 37.9. The van der Waals surface area contributed by atoms with E-state index in [0.717, 1.165) is 89.9 Å². The molecule has 0 aromatic heterocycles. The van der Waals surface area contributed by atoms with E-state index in [0.29, 0.717) is 17.4 Å². The van der Waals surface area contributed by atoms with Crippen molar-refractivity contribution in [3.05, 3.63) is 85.1 Å². The SMILES string of the molecule is CC/C=C\C/C=C\C/C=C\C/C=C\C/C=C\CCCCCCCCCCCCCC(=O)NC(COP(=O)(O)OCC[N+](C)(C)C)C(/C=C\CCCCCCCCCCC)OC(=O)CCCCCCCCCCCCC/C=C/CCCCCCCC. The van der Waals surface area contributed by atoms with E-state index in [2.05, 4.69) is 99.0 Å². The third-order valence-corrected chi connectivity index (χ3v) is 16.8. The number of unbranched alkanes of at least 4 members (excludes halogenated alkanes) is 37. The topological polar surface area (TPSA) is 111 Å². The number of nitrogens with zero attached hydrogens (tertiary/aromatic N) is 1. The lowest BCUT2D eigenvalue weighted by molar-refractivity contribution is -0.870. The first-order valence-electron chi connectivity index (χ1n) is 35.9. The summed E-state index contributed by atoms with van der Waals surface area (Å²) in [5.41, 5.74) is 0. The van der Waals surface area contributed by atoms with Crippen molar-refractivity contribution in [1.82, 2.24) is 5.32 Å². The molecule has 0 aromatic rings. The highest BCUT2D eigenvalue weighted by molar-refractivity contribution is 7.47. The Bertz CT molecular complexity index is 1730. The number of amides is 1. The number of esters is 1. The van der Waals surface area contributed by atoms with Crippen LogP contribution in [0.3, 0.4) is 0 Å². The molecule has 0 aliphatic heterocycles. The number of nitrogens with one attached hydrogen (secondary N) is 1. The Labute approximate surface area is 526 Å². The highest BCUT2D eigenvalue weighted by Crippen LogP contribution is 2.43. The molecule has 0 rings (SSSR count). The minimum Gasteiger partial charge on any atom is -0.456 e. The van der Waals surface area contributed by atoms with Crippen LogP contribution >= 0.6 is 7.82 Å². The van der Waals surface area contributed by atoms with Gasteiger partial charge >= 0.3 is 13.8 Å². The molecule has 0 saturated heterocycles. The van der Waals surface area contributed by atoms with Crippen molar-refractivity contribution >= 4 is 19.7 Å². The monoisotopic (exact) mass is 1210 g/mol. The van der Waals surface area contributed by atoms with E-state index >= 15 is 0 Å². The number of hydrogen-bond donors (Lipinski definition) is 2. The molecular weight excluding hydrogens is 1070 g/mol. The summed E-state index contributed by atoms with van der Waals surface area (Å²) in [6, 6.07) is -0.854. The van der Waals surface area contributed by atoms with E-state index in [4.69, 9.17) is 13.8 Å². The Morgan fingerprint density at radius 1 is 0.424 bits per heavy atom. The van der Waals surface area contributed by atoms with E-state index in [-0.39, 0.29) is 31.5 Å². The number of carbonyl (C=O) groups excluding carboxylic acids is 2. The third kappa shape index (κ3) is 65.5. The zero-order chi connectivity index (χ0) is 62.1. The predicted molar refractivity (Wildman–Crippen MR) is 369 cm³/mol. The summed E-state index contributed by atoms with van der Waals surface area (Å²) in [7, 11) is 1.50. The van der Waals surface area contributed by atoms with Gasteiger partial charge in [-0.3, -0.25) is 18.6 Å². The molecule has 0 heterocycles. The quantitative estimate of drug-likeness (QED) is 0.0205. The second kappa shape index (κ2) is 64.2. The number of phosphoric ester groups is 1. The van der Waals surface area contributed by atoms with E-state index < -0.39 is 20.0 Å². The van der Waals surface area contributed by atoms with Crippen LogP contribution in [0.2, 0.25) is 0 Å². The Balaban J connectivity index is 5.00. The Hall–Kier alpha value is -2.81. The van der Waals surface area contributed by atoms with Crippen LogP contribution in [-0.4, -0.2) is 74.3 Å². The Morgan fingerprint density at radius 2 is 0.753 bits per heavy atom. The van der Waals surface area contributed by atoms with E-state index in [1.54, 1.807) is 0 Å². The van der Waals surface area contributed by atoms with Crippen LogP contribution in [0.25, 0.3) is 0 Å². The molecule has 0 aromatic carbocycles. The van der Waals surface area contributed by atoms with Gasteiger partial charge in [-0.15, -0.1) is 0 Å². The molecule has 0 aliphatic rings. The second-order valence-corrected chi connectivity index (χ2v) is 26.8. The Morgan fingerprint density at radius 3 is 1.14 bits per heavy atom. The van der Waals surface area contributed by atoms with Gasteiger partial charge in [-0.05, 0) is 102 Å². The summed E-state index contributed by atoms with van der Waals surface area (Å²) < 4.78 is 30.8. The van der Waals surface area contributed by atoms with Crippen molar-refractivity contribution in [2.24, 2.45) is 0 Å². The number of likely N-dealkylation sites (N-methyl/N-ethyl adjacent to an activating group) is 1. The predicted octanol–water partition coefficient (Wildman–Crippen LogP) is 22.9. The number of allylic oxidation sites excluding steroid dienone is 13. The van der Waals surface area contributed by atoms with Crippen molar-refractivity contribution in [1.29, 1.82) is 0 Å². The first-order chi connectivity index (χ1) is 41.4. The van der Waals surface area contributed by atoms with Gasteiger partial charge < -0.3 is 19.4 Å². The molecule has 0 radical (unpaired) electrons. The molecule has 85 heavy (non-hydrogen) atoms. The maximum absolute atomic E-state index is 13.6. The molecule has 1 amide bonds. The number of carbonyl (C=O) groups is 2. The summed E-state index contributed by atoms with van der Waals surface area (Å²) in [5.74, 6) is -0.502. The fraction of sp³-hybridized carbons (Fsp3) is 0.787. The average Bonchev–Trinajstić information content (AvgIpc) is 3.64. The van der Waals surface area contributed by atoms with Gasteiger partial charge in [0.25, 0.3) is 0 Å². The first-order valence-corrected chi connectivity index (χ1v) is 37.4. The van der Waals surface area contributed by atoms with Gasteiger partial charge in [-0.2, -0.15) is 0 Å². The molecule has 2 N–H and O–H groups in total. The standard InChI is InChI=1S/C75H137N2O7P/c1-7-10-13-16-19-22-25-27-29-31-33-35-36-37-38-39-40-42-43-45-47-49-52-55-58-61-64-67-74(78)76-72(71-83-85(80,81)82-70-69-77(4,5)6)73(66-63-60-57-54-51-24-21-18-15-12-9-3)84-75(79)68-65-62-59-56-53-50-48-46-44-41-34-32-30-28-26-23-20-17-14-11-8-2/h10,13,19,22,27-30,33,35,37-38,63,66,72-73H,7-9,11-12,14-18,20-21,23-26,31-32,34,36,39-62,64-65,67-71H2,1-6H3,(H-,76,78,80,81)/p+1/b13-10-,22-19-,29-27-,30-28+,35-33-,38-37-,66-63-. The molecular formula is C75H138N2O7P+. The van der Waals surface area contributed by atoms with Crippen molar-refractivity contribution in [2.75, 3.05) is 40.9 Å². The van der Waals surface area contributed by atoms with E-state index in [1.807, 2.05) is 33.3 Å². The maximum Gasteiger partial charge on any atom is 0.472 e. The van der Waals surface area contributed by atoms with Crippen molar-refractivity contribution < 1.29 is 37.3 Å². The molecule has 494 valence electrons. The summed E-state index contributed by atoms with van der Waals surface area (Å²) in [6.07, 6.45) is 86.0. The summed E-state index contributed by atoms with van der Waals surface area (Å²) in [6.45, 7) is 6.92. The highest BCUT2D eigenvalue weighted by Gasteiger charge is 2.30. The summed E-state index contributed by atoms with van der Waals surface area (Å²) >= 11 is 0. The van der Waals surface area contributed by atoms with Crippen LogP contribution in [0.1, 0.15) is 329 Å². The van der Waals surface area contributed by atoms with Gasteiger partial charge in [0.05, 0.1) is 33.8 Å². The van der Waals surface area contributed by atoms with Gasteiger partial charge in [0.2, 0.25) is 5.91 Å². The molecule has 3 unspecified atom stereocenters. The van der Waals surface area contributed by atoms with E-state index in [1.165, 1.54) is 205 Å². The highest BCUT2D eigenvalue weighted by atomic mass is 31.2. The molecule has 10 heteroatoms. The number of rotatable bonds is 65. The minimum absolute atomic E-state index is 0.0377. The lowest BCUT2D eigenvalue weighted by atomic mass is 10.0. The van der Waals surface area contributed by atoms with Crippen molar-refractivity contribution in [3.8, 4) is 0 Å².